The predicted octanol–water partition coefficient (Wildman–Crippen LogP) is 3.78. The van der Waals surface area contributed by atoms with Gasteiger partial charge in [0.15, 0.2) is 5.82 Å². The lowest BCUT2D eigenvalue weighted by molar-refractivity contribution is 0.625. The van der Waals surface area contributed by atoms with Crippen molar-refractivity contribution < 1.29 is 4.39 Å². The molecule has 8 nitrogen and oxygen atoms in total. The Bertz CT molecular complexity index is 1460. The van der Waals surface area contributed by atoms with E-state index in [1.165, 1.54) is 22.8 Å². The third-order valence-corrected chi connectivity index (χ3v) is 5.27. The van der Waals surface area contributed by atoms with Gasteiger partial charge in [-0.3, -0.25) is 9.36 Å². The molecule has 160 valence electrons. The first-order valence-corrected chi connectivity index (χ1v) is 9.87. The van der Waals surface area contributed by atoms with Gasteiger partial charge in [-0.25, -0.2) is 4.39 Å². The van der Waals surface area contributed by atoms with Crippen molar-refractivity contribution in [1.82, 2.24) is 14.5 Å². The maximum atomic E-state index is 14.0. The molecule has 1 atom stereocenters. The molecule has 2 aromatic heterocycles. The Labute approximate surface area is 186 Å². The molecule has 0 aliphatic heterocycles. The molecule has 0 saturated heterocycles. The summed E-state index contributed by atoms with van der Waals surface area (Å²) in [4.78, 5) is 21.3. The molecule has 0 aliphatic rings. The molecule has 4 aromatic rings. The van der Waals surface area contributed by atoms with Gasteiger partial charge >= 0.3 is 0 Å². The number of hydrogen-bond acceptors (Lipinski definition) is 7. The molecule has 0 radical (unpaired) electrons. The van der Waals surface area contributed by atoms with Gasteiger partial charge in [-0.15, -0.1) is 0 Å². The second kappa shape index (κ2) is 8.17. The number of fused-ring (bicyclic) bond motifs is 1. The van der Waals surface area contributed by atoms with Crippen LogP contribution in [0.25, 0.3) is 16.5 Å². The molecule has 32 heavy (non-hydrogen) atoms. The van der Waals surface area contributed by atoms with Crippen molar-refractivity contribution in [2.24, 2.45) is 0 Å². The number of nitrogen functional groups attached to an aromatic ring is 2. The number of nitrogens with zero attached hydrogens (tertiary/aromatic N) is 4. The van der Waals surface area contributed by atoms with E-state index in [2.05, 4.69) is 15.3 Å². The average molecular weight is 450 g/mol. The molecule has 4 rings (SSSR count). The topological polar surface area (TPSA) is 136 Å². The van der Waals surface area contributed by atoms with E-state index >= 15 is 0 Å². The van der Waals surface area contributed by atoms with Crippen molar-refractivity contribution in [3.05, 3.63) is 81.0 Å². The Balaban J connectivity index is 1.95. The normalized spacial score (nSPS) is 11.8. The fourth-order valence-electron chi connectivity index (χ4n) is 3.53. The van der Waals surface area contributed by atoms with Crippen molar-refractivity contribution in [2.75, 3.05) is 16.8 Å². The van der Waals surface area contributed by atoms with Crippen LogP contribution in [0.3, 0.4) is 0 Å². The molecule has 2 heterocycles. The summed E-state index contributed by atoms with van der Waals surface area (Å²) < 4.78 is 15.4. The number of pyridine rings is 1. The molecule has 0 bridgehead atoms. The number of hydrogen-bond donors (Lipinski definition) is 3. The average Bonchev–Trinajstić information content (AvgIpc) is 2.73. The molecule has 0 amide bonds. The number of aromatic nitrogens is 3. The van der Waals surface area contributed by atoms with Crippen LogP contribution in [0.15, 0.2) is 53.3 Å². The highest BCUT2D eigenvalue weighted by Crippen LogP contribution is 2.28. The lowest BCUT2D eigenvalue weighted by Crippen LogP contribution is -2.26. The van der Waals surface area contributed by atoms with Gasteiger partial charge in [0.05, 0.1) is 22.1 Å². The maximum Gasteiger partial charge on any atom is 0.264 e. The van der Waals surface area contributed by atoms with E-state index < -0.39 is 17.4 Å². The zero-order valence-corrected chi connectivity index (χ0v) is 17.6. The van der Waals surface area contributed by atoms with Gasteiger partial charge in [-0.1, -0.05) is 29.8 Å². The summed E-state index contributed by atoms with van der Waals surface area (Å²) in [6.07, 6.45) is 0. The molecule has 0 saturated carbocycles. The van der Waals surface area contributed by atoms with Gasteiger partial charge in [-0.05, 0) is 42.6 Å². The number of anilines is 3. The highest BCUT2D eigenvalue weighted by molar-refractivity contribution is 6.35. The van der Waals surface area contributed by atoms with Gasteiger partial charge in [-0.2, -0.15) is 15.2 Å². The standard InChI is InChI=1S/C22H17ClFN7O/c1-11(28-20-15(10-25)19(26)29-22(27)30-20)17-8-12-4-2-7-16(23)18(12)21(32)31(17)14-6-3-5-13(24)9-14/h2-9,11H,1H3,(H5,26,27,28,29,30)/t11-/m0/s1. The van der Waals surface area contributed by atoms with Crippen LogP contribution in [-0.2, 0) is 0 Å². The van der Waals surface area contributed by atoms with Crippen LogP contribution in [0.2, 0.25) is 5.02 Å². The summed E-state index contributed by atoms with van der Waals surface area (Å²) in [5.41, 5.74) is 11.9. The number of nitrogens with two attached hydrogens (primary N) is 2. The van der Waals surface area contributed by atoms with Crippen molar-refractivity contribution in [3.8, 4) is 11.8 Å². The second-order valence-electron chi connectivity index (χ2n) is 7.06. The van der Waals surface area contributed by atoms with E-state index in [0.717, 1.165) is 0 Å². The Morgan fingerprint density at radius 3 is 2.66 bits per heavy atom. The molecule has 5 N–H and O–H groups in total. The summed E-state index contributed by atoms with van der Waals surface area (Å²) in [6.45, 7) is 1.76. The van der Waals surface area contributed by atoms with Gasteiger partial charge in [0.1, 0.15) is 23.3 Å². The van der Waals surface area contributed by atoms with Crippen molar-refractivity contribution in [2.45, 2.75) is 13.0 Å². The SMILES string of the molecule is C[C@H](Nc1nc(N)nc(N)c1C#N)c1cc2cccc(Cl)c2c(=O)n1-c1cccc(F)c1. The third-order valence-electron chi connectivity index (χ3n) is 4.95. The molecular weight excluding hydrogens is 433 g/mol. The van der Waals surface area contributed by atoms with Gasteiger partial charge in [0, 0.05) is 5.69 Å². The lowest BCUT2D eigenvalue weighted by Gasteiger charge is -2.22. The lowest BCUT2D eigenvalue weighted by atomic mass is 10.1. The molecule has 0 unspecified atom stereocenters. The Kier molecular flexibility index (Phi) is 5.38. The van der Waals surface area contributed by atoms with Gasteiger partial charge < -0.3 is 16.8 Å². The fraction of sp³-hybridized carbons (Fsp3) is 0.0909. The summed E-state index contributed by atoms with van der Waals surface area (Å²) in [7, 11) is 0. The van der Waals surface area contributed by atoms with Gasteiger partial charge in [0.25, 0.3) is 5.56 Å². The van der Waals surface area contributed by atoms with Crippen molar-refractivity contribution in [3.63, 3.8) is 0 Å². The third kappa shape index (κ3) is 3.68. The zero-order valence-electron chi connectivity index (χ0n) is 16.8. The largest absolute Gasteiger partial charge is 0.382 e. The van der Waals surface area contributed by atoms with Crippen LogP contribution >= 0.6 is 11.6 Å². The first-order valence-electron chi connectivity index (χ1n) is 9.50. The number of nitriles is 1. The monoisotopic (exact) mass is 449 g/mol. The highest BCUT2D eigenvalue weighted by Gasteiger charge is 2.20. The number of benzene rings is 2. The zero-order chi connectivity index (χ0) is 23.0. The van der Waals surface area contributed by atoms with Crippen LogP contribution in [0.4, 0.5) is 22.0 Å². The minimum atomic E-state index is -0.574. The van der Waals surface area contributed by atoms with E-state index in [9.17, 15) is 14.4 Å². The van der Waals surface area contributed by atoms with E-state index in [-0.39, 0.29) is 28.2 Å². The Morgan fingerprint density at radius 2 is 1.94 bits per heavy atom. The second-order valence-corrected chi connectivity index (χ2v) is 7.47. The number of rotatable bonds is 4. The van der Waals surface area contributed by atoms with E-state index in [0.29, 0.717) is 22.2 Å². The summed E-state index contributed by atoms with van der Waals surface area (Å²) in [5.74, 6) is -0.552. The summed E-state index contributed by atoms with van der Waals surface area (Å²) in [5, 5.41) is 13.7. The highest BCUT2D eigenvalue weighted by atomic mass is 35.5. The minimum absolute atomic E-state index is 0.0227. The van der Waals surface area contributed by atoms with Crippen molar-refractivity contribution >= 4 is 40.0 Å². The predicted molar refractivity (Wildman–Crippen MR) is 122 cm³/mol. The Hall–Kier alpha value is -4.16. The molecule has 10 heteroatoms. The van der Waals surface area contributed by atoms with E-state index in [4.69, 9.17) is 23.1 Å². The first-order chi connectivity index (χ1) is 15.3. The summed E-state index contributed by atoms with van der Waals surface area (Å²) in [6, 6.07) is 13.9. The molecular formula is C22H17ClFN7O. The molecule has 2 aromatic carbocycles. The van der Waals surface area contributed by atoms with Crippen LogP contribution in [0.5, 0.6) is 0 Å². The smallest absolute Gasteiger partial charge is 0.264 e. The van der Waals surface area contributed by atoms with Gasteiger partial charge in [0.2, 0.25) is 5.95 Å². The molecule has 0 aliphatic carbocycles. The fourth-order valence-corrected chi connectivity index (χ4v) is 3.79. The quantitative estimate of drug-likeness (QED) is 0.431. The molecule has 0 spiro atoms. The van der Waals surface area contributed by atoms with E-state index in [1.807, 2.05) is 6.07 Å². The Morgan fingerprint density at radius 1 is 1.19 bits per heavy atom. The number of halogens is 2. The number of nitrogens with one attached hydrogen (secondary N) is 1. The first kappa shape index (κ1) is 21.1. The maximum absolute atomic E-state index is 14.0. The van der Waals surface area contributed by atoms with Crippen LogP contribution in [0, 0.1) is 17.1 Å². The summed E-state index contributed by atoms with van der Waals surface area (Å²) >= 11 is 6.31. The van der Waals surface area contributed by atoms with Crippen LogP contribution < -0.4 is 22.3 Å². The molecule has 0 fully saturated rings. The minimum Gasteiger partial charge on any atom is -0.382 e. The van der Waals surface area contributed by atoms with E-state index in [1.54, 1.807) is 37.3 Å². The van der Waals surface area contributed by atoms with Crippen LogP contribution in [0.1, 0.15) is 24.2 Å². The van der Waals surface area contributed by atoms with Crippen molar-refractivity contribution in [1.29, 1.82) is 5.26 Å². The van der Waals surface area contributed by atoms with Crippen LogP contribution in [-0.4, -0.2) is 14.5 Å².